The topological polar surface area (TPSA) is 95.9 Å². The molecule has 0 radical (unpaired) electrons. The number of allylic oxidation sites excluding steroid dienone is 3. The molecule has 0 saturated heterocycles. The summed E-state index contributed by atoms with van der Waals surface area (Å²) in [5.74, 6) is -0.0468. The smallest absolute Gasteiger partial charge is 0.305 e. The Kier molecular flexibility index (Phi) is 69.4. The van der Waals surface area contributed by atoms with Crippen molar-refractivity contribution in [2.75, 3.05) is 13.2 Å². The second-order valence-electron chi connectivity index (χ2n) is 25.6. The minimum Gasteiger partial charge on any atom is -0.466 e. The number of rotatable bonds is 70. The van der Waals surface area contributed by atoms with Crippen molar-refractivity contribution in [2.24, 2.45) is 0 Å². The molecule has 6 heteroatoms. The third-order valence-electron chi connectivity index (χ3n) is 17.5. The fourth-order valence-electron chi connectivity index (χ4n) is 11.8. The SMILES string of the molecule is CCCCCCCCCCCCCCCCCCCCCCCC/C=C/C(O)C(CO)NC(=O)CCCCCCCCCCCCC/C=C\CCCCCCCCCCCCCCOC(=O)CCCCCCCCCCCCCCC. The maximum absolute atomic E-state index is 12.5. The van der Waals surface area contributed by atoms with Crippen molar-refractivity contribution in [1.29, 1.82) is 0 Å². The van der Waals surface area contributed by atoms with Crippen LogP contribution in [-0.2, 0) is 14.3 Å². The molecule has 0 saturated carbocycles. The average molecular weight is 1140 g/mol. The minimum absolute atomic E-state index is 0.0171. The molecule has 0 spiro atoms. The predicted octanol–water partition coefficient (Wildman–Crippen LogP) is 24.1. The Balaban J connectivity index is 3.41. The second kappa shape index (κ2) is 70.8. The molecule has 0 aromatic heterocycles. The Morgan fingerprint density at radius 2 is 0.580 bits per heavy atom. The molecule has 6 nitrogen and oxygen atoms in total. The van der Waals surface area contributed by atoms with Gasteiger partial charge in [0.1, 0.15) is 0 Å². The zero-order valence-corrected chi connectivity index (χ0v) is 55.0. The van der Waals surface area contributed by atoms with E-state index in [2.05, 4.69) is 31.3 Å². The molecule has 1 amide bonds. The molecule has 2 atom stereocenters. The van der Waals surface area contributed by atoms with Gasteiger partial charge in [-0.25, -0.2) is 0 Å². The van der Waals surface area contributed by atoms with Crippen molar-refractivity contribution in [1.82, 2.24) is 5.32 Å². The molecule has 2 unspecified atom stereocenters. The number of hydrogen-bond acceptors (Lipinski definition) is 5. The van der Waals surface area contributed by atoms with E-state index in [9.17, 15) is 19.8 Å². The number of amides is 1. The van der Waals surface area contributed by atoms with E-state index in [-0.39, 0.29) is 18.5 Å². The predicted molar refractivity (Wildman–Crippen MR) is 356 cm³/mol. The summed E-state index contributed by atoms with van der Waals surface area (Å²) in [7, 11) is 0. The van der Waals surface area contributed by atoms with Gasteiger partial charge < -0.3 is 20.3 Å². The van der Waals surface area contributed by atoms with Crippen LogP contribution < -0.4 is 5.32 Å². The summed E-state index contributed by atoms with van der Waals surface area (Å²) < 4.78 is 5.49. The number of hydrogen-bond donors (Lipinski definition) is 3. The maximum Gasteiger partial charge on any atom is 0.305 e. The lowest BCUT2D eigenvalue weighted by molar-refractivity contribution is -0.143. The van der Waals surface area contributed by atoms with Crippen molar-refractivity contribution in [2.45, 2.75) is 431 Å². The van der Waals surface area contributed by atoms with E-state index in [0.29, 0.717) is 19.4 Å². The number of aliphatic hydroxyl groups excluding tert-OH is 2. The Morgan fingerprint density at radius 3 is 0.877 bits per heavy atom. The first-order valence-electron chi connectivity index (χ1n) is 37.1. The fourth-order valence-corrected chi connectivity index (χ4v) is 11.8. The molecule has 480 valence electrons. The van der Waals surface area contributed by atoms with Gasteiger partial charge in [0, 0.05) is 12.8 Å². The molecule has 0 aliphatic heterocycles. The van der Waals surface area contributed by atoms with Crippen LogP contribution >= 0.6 is 0 Å². The van der Waals surface area contributed by atoms with E-state index in [1.165, 1.54) is 353 Å². The van der Waals surface area contributed by atoms with Crippen LogP contribution in [0.25, 0.3) is 0 Å². The summed E-state index contributed by atoms with van der Waals surface area (Å²) in [5.41, 5.74) is 0. The van der Waals surface area contributed by atoms with Gasteiger partial charge in [0.05, 0.1) is 25.4 Å². The first-order valence-corrected chi connectivity index (χ1v) is 37.1. The van der Waals surface area contributed by atoms with Crippen LogP contribution in [0.1, 0.15) is 418 Å². The molecule has 0 bridgehead atoms. The average Bonchev–Trinajstić information content (AvgIpc) is 3.47. The molecule has 81 heavy (non-hydrogen) atoms. The number of aliphatic hydroxyl groups is 2. The molecule has 0 rings (SSSR count). The molecule has 3 N–H and O–H groups in total. The van der Waals surface area contributed by atoms with Crippen molar-refractivity contribution in [3.8, 4) is 0 Å². The van der Waals surface area contributed by atoms with Gasteiger partial charge in [-0.2, -0.15) is 0 Å². The molecular weight excluding hydrogens is 995 g/mol. The number of ether oxygens (including phenoxy) is 1. The van der Waals surface area contributed by atoms with E-state index in [0.717, 1.165) is 38.5 Å². The summed E-state index contributed by atoms with van der Waals surface area (Å²) in [6.45, 7) is 4.95. The van der Waals surface area contributed by atoms with Gasteiger partial charge in [-0.1, -0.05) is 372 Å². The zero-order chi connectivity index (χ0) is 58.5. The van der Waals surface area contributed by atoms with Crippen LogP contribution in [0.3, 0.4) is 0 Å². The highest BCUT2D eigenvalue weighted by atomic mass is 16.5. The van der Waals surface area contributed by atoms with E-state index < -0.39 is 12.1 Å². The molecule has 0 aromatic carbocycles. The largest absolute Gasteiger partial charge is 0.466 e. The Morgan fingerprint density at radius 1 is 0.333 bits per heavy atom. The van der Waals surface area contributed by atoms with E-state index >= 15 is 0 Å². The summed E-state index contributed by atoms with van der Waals surface area (Å²) in [4.78, 5) is 24.6. The minimum atomic E-state index is -0.846. The highest BCUT2D eigenvalue weighted by Crippen LogP contribution is 2.19. The lowest BCUT2D eigenvalue weighted by Gasteiger charge is -2.20. The lowest BCUT2D eigenvalue weighted by Crippen LogP contribution is -2.45. The van der Waals surface area contributed by atoms with Gasteiger partial charge in [0.2, 0.25) is 5.91 Å². The first kappa shape index (κ1) is 79.3. The van der Waals surface area contributed by atoms with Crippen molar-refractivity contribution in [3.63, 3.8) is 0 Å². The monoisotopic (exact) mass is 1140 g/mol. The summed E-state index contributed by atoms with van der Waals surface area (Å²) >= 11 is 0. The van der Waals surface area contributed by atoms with E-state index in [1.807, 2.05) is 6.08 Å². The lowest BCUT2D eigenvalue weighted by atomic mass is 10.0. The van der Waals surface area contributed by atoms with Gasteiger partial charge in [-0.05, 0) is 57.8 Å². The normalized spacial score (nSPS) is 12.6. The van der Waals surface area contributed by atoms with E-state index in [1.54, 1.807) is 6.08 Å². The molecule has 0 heterocycles. The Hall–Kier alpha value is -1.66. The molecule has 0 aliphatic carbocycles. The van der Waals surface area contributed by atoms with Crippen molar-refractivity contribution in [3.05, 3.63) is 24.3 Å². The number of carbonyl (C=O) groups is 2. The number of esters is 1. The molecule has 0 aromatic rings. The van der Waals surface area contributed by atoms with Crippen molar-refractivity contribution < 1.29 is 24.5 Å². The maximum atomic E-state index is 12.5. The standard InChI is InChI=1S/C75H145NO5/c1-3-5-7-9-11-13-15-17-18-19-20-21-22-28-31-34-37-40-44-47-51-55-59-63-67-73(78)72(71-77)76-74(79)68-64-60-56-52-48-45-41-38-35-32-29-26-24-23-25-27-30-33-36-39-42-46-50-54-58-62-66-70-81-75(80)69-65-61-57-53-49-43-16-14-12-10-8-6-4-2/h23-24,63,67,72-73,77-78H,3-22,25-62,64-66,68-71H2,1-2H3,(H,76,79)/b24-23-,67-63+. The van der Waals surface area contributed by atoms with Crippen LogP contribution in [0, 0.1) is 0 Å². The Labute approximate surface area is 507 Å². The second-order valence-corrected chi connectivity index (χ2v) is 25.6. The summed E-state index contributed by atoms with van der Waals surface area (Å²) in [6.07, 6.45) is 89.9. The first-order chi connectivity index (χ1) is 40.0. The summed E-state index contributed by atoms with van der Waals surface area (Å²) in [5, 5.41) is 23.3. The number of carbonyl (C=O) groups excluding carboxylic acids is 2. The highest BCUT2D eigenvalue weighted by Gasteiger charge is 2.18. The Bertz CT molecular complexity index is 1270. The number of unbranched alkanes of at least 4 members (excludes halogenated alkanes) is 57. The van der Waals surface area contributed by atoms with Crippen molar-refractivity contribution >= 4 is 11.9 Å². The third kappa shape index (κ3) is 67.3. The van der Waals surface area contributed by atoms with Crippen LogP contribution in [-0.4, -0.2) is 47.4 Å². The van der Waals surface area contributed by atoms with Crippen LogP contribution in [0.2, 0.25) is 0 Å². The van der Waals surface area contributed by atoms with Crippen LogP contribution in [0.4, 0.5) is 0 Å². The van der Waals surface area contributed by atoms with Gasteiger partial charge in [-0.3, -0.25) is 9.59 Å². The summed E-state index contributed by atoms with van der Waals surface area (Å²) in [6, 6.07) is -0.630. The van der Waals surface area contributed by atoms with Crippen LogP contribution in [0.5, 0.6) is 0 Å². The molecule has 0 aliphatic rings. The third-order valence-corrected chi connectivity index (χ3v) is 17.5. The van der Waals surface area contributed by atoms with Crippen LogP contribution in [0.15, 0.2) is 24.3 Å². The quantitative estimate of drug-likeness (QED) is 0.0320. The van der Waals surface area contributed by atoms with Gasteiger partial charge in [0.25, 0.3) is 0 Å². The van der Waals surface area contributed by atoms with Gasteiger partial charge >= 0.3 is 5.97 Å². The molecule has 0 fully saturated rings. The van der Waals surface area contributed by atoms with E-state index in [4.69, 9.17) is 4.74 Å². The zero-order valence-electron chi connectivity index (χ0n) is 55.0. The fraction of sp³-hybridized carbons (Fsp3) is 0.920. The number of nitrogens with one attached hydrogen (secondary N) is 1. The highest BCUT2D eigenvalue weighted by molar-refractivity contribution is 5.76. The van der Waals surface area contributed by atoms with Gasteiger partial charge in [0.15, 0.2) is 0 Å². The van der Waals surface area contributed by atoms with Gasteiger partial charge in [-0.15, -0.1) is 0 Å². The molecular formula is C75H145NO5.